The molecule has 0 spiro atoms. The molecule has 0 N–H and O–H groups in total. The largest absolute Gasteiger partial charge is 0.306 e. The standard InChI is InChI=1S/C19H25N3/c1-21(2)13-15-4-6-16(7-5-15)19-12-17(8-10-20-19)18-9-11-22(3)14-18/h4-8,10,12,18H,9,11,13-14H2,1-3H3. The molecule has 1 unspecified atom stereocenters. The smallest absolute Gasteiger partial charge is 0.0704 e. The number of likely N-dealkylation sites (tertiary alicyclic amines) is 1. The zero-order valence-corrected chi connectivity index (χ0v) is 13.8. The van der Waals surface area contributed by atoms with Gasteiger partial charge in [0.15, 0.2) is 0 Å². The van der Waals surface area contributed by atoms with Crippen molar-refractivity contribution in [1.29, 1.82) is 0 Å². The Morgan fingerprint density at radius 2 is 1.95 bits per heavy atom. The van der Waals surface area contributed by atoms with E-state index in [0.29, 0.717) is 5.92 Å². The van der Waals surface area contributed by atoms with Crippen molar-refractivity contribution in [3.63, 3.8) is 0 Å². The van der Waals surface area contributed by atoms with Crippen molar-refractivity contribution in [1.82, 2.24) is 14.8 Å². The van der Waals surface area contributed by atoms with E-state index in [9.17, 15) is 0 Å². The molecule has 3 rings (SSSR count). The van der Waals surface area contributed by atoms with E-state index in [4.69, 9.17) is 0 Å². The van der Waals surface area contributed by atoms with E-state index >= 15 is 0 Å². The molecule has 2 heterocycles. The lowest BCUT2D eigenvalue weighted by atomic mass is 9.97. The molecule has 1 aromatic heterocycles. The van der Waals surface area contributed by atoms with Gasteiger partial charge in [-0.15, -0.1) is 0 Å². The SMILES string of the molecule is CN(C)Cc1ccc(-c2cc(C3CCN(C)C3)ccn2)cc1. The maximum atomic E-state index is 4.57. The Labute approximate surface area is 133 Å². The summed E-state index contributed by atoms with van der Waals surface area (Å²) in [6, 6.07) is 13.2. The number of rotatable bonds is 4. The van der Waals surface area contributed by atoms with Crippen LogP contribution in [-0.2, 0) is 6.54 Å². The van der Waals surface area contributed by atoms with Crippen LogP contribution in [0.2, 0.25) is 0 Å². The van der Waals surface area contributed by atoms with Crippen LogP contribution in [0.3, 0.4) is 0 Å². The van der Waals surface area contributed by atoms with Gasteiger partial charge in [0.2, 0.25) is 0 Å². The van der Waals surface area contributed by atoms with E-state index in [0.717, 1.165) is 18.8 Å². The first kappa shape index (κ1) is 15.2. The van der Waals surface area contributed by atoms with Crippen molar-refractivity contribution in [2.24, 2.45) is 0 Å². The normalized spacial score (nSPS) is 19.0. The second-order valence-electron chi connectivity index (χ2n) is 6.66. The highest BCUT2D eigenvalue weighted by Crippen LogP contribution is 2.28. The molecule has 1 atom stereocenters. The van der Waals surface area contributed by atoms with Crippen LogP contribution in [0.25, 0.3) is 11.3 Å². The molecule has 0 bridgehead atoms. The number of aromatic nitrogens is 1. The molecule has 1 fully saturated rings. The summed E-state index contributed by atoms with van der Waals surface area (Å²) < 4.78 is 0. The van der Waals surface area contributed by atoms with Crippen LogP contribution in [0.15, 0.2) is 42.6 Å². The van der Waals surface area contributed by atoms with Gasteiger partial charge in [-0.1, -0.05) is 24.3 Å². The van der Waals surface area contributed by atoms with Crippen LogP contribution in [-0.4, -0.2) is 49.0 Å². The topological polar surface area (TPSA) is 19.4 Å². The Kier molecular flexibility index (Phi) is 4.55. The first-order valence-electron chi connectivity index (χ1n) is 8.00. The maximum Gasteiger partial charge on any atom is 0.0704 e. The lowest BCUT2D eigenvalue weighted by molar-refractivity contribution is 0.402. The van der Waals surface area contributed by atoms with Gasteiger partial charge in [0.1, 0.15) is 0 Å². The number of pyridine rings is 1. The molecular weight excluding hydrogens is 270 g/mol. The van der Waals surface area contributed by atoms with Crippen molar-refractivity contribution >= 4 is 0 Å². The van der Waals surface area contributed by atoms with Gasteiger partial charge in [0, 0.05) is 24.8 Å². The van der Waals surface area contributed by atoms with Crippen LogP contribution >= 0.6 is 0 Å². The molecule has 0 saturated carbocycles. The van der Waals surface area contributed by atoms with Gasteiger partial charge in [-0.25, -0.2) is 0 Å². The van der Waals surface area contributed by atoms with Crippen LogP contribution < -0.4 is 0 Å². The van der Waals surface area contributed by atoms with E-state index in [1.165, 1.54) is 29.7 Å². The van der Waals surface area contributed by atoms with Gasteiger partial charge in [-0.3, -0.25) is 4.98 Å². The molecule has 3 nitrogen and oxygen atoms in total. The van der Waals surface area contributed by atoms with E-state index < -0.39 is 0 Å². The van der Waals surface area contributed by atoms with Crippen molar-refractivity contribution in [3.8, 4) is 11.3 Å². The predicted octanol–water partition coefficient (Wildman–Crippen LogP) is 3.23. The van der Waals surface area contributed by atoms with Gasteiger partial charge in [0.05, 0.1) is 5.69 Å². The first-order chi connectivity index (χ1) is 10.6. The molecular formula is C19H25N3. The van der Waals surface area contributed by atoms with Crippen molar-refractivity contribution in [2.45, 2.75) is 18.9 Å². The van der Waals surface area contributed by atoms with Gasteiger partial charge < -0.3 is 9.80 Å². The number of nitrogens with zero attached hydrogens (tertiary/aromatic N) is 3. The molecule has 3 heteroatoms. The molecule has 2 aromatic rings. The fourth-order valence-corrected chi connectivity index (χ4v) is 3.21. The Bertz CT molecular complexity index is 619. The second-order valence-corrected chi connectivity index (χ2v) is 6.66. The average molecular weight is 295 g/mol. The minimum Gasteiger partial charge on any atom is -0.306 e. The minimum absolute atomic E-state index is 0.653. The van der Waals surface area contributed by atoms with Crippen molar-refractivity contribution < 1.29 is 0 Å². The Hall–Kier alpha value is -1.71. The lowest BCUT2D eigenvalue weighted by Gasteiger charge is -2.13. The lowest BCUT2D eigenvalue weighted by Crippen LogP contribution is -2.13. The van der Waals surface area contributed by atoms with Crippen LogP contribution in [0.4, 0.5) is 0 Å². The van der Waals surface area contributed by atoms with Crippen LogP contribution in [0.1, 0.15) is 23.5 Å². The Morgan fingerprint density at radius 3 is 2.59 bits per heavy atom. The number of hydrogen-bond acceptors (Lipinski definition) is 3. The molecule has 22 heavy (non-hydrogen) atoms. The highest BCUT2D eigenvalue weighted by atomic mass is 15.1. The molecule has 0 amide bonds. The summed E-state index contributed by atoms with van der Waals surface area (Å²) in [6.45, 7) is 3.33. The van der Waals surface area contributed by atoms with Gasteiger partial charge in [0.25, 0.3) is 0 Å². The fourth-order valence-electron chi connectivity index (χ4n) is 3.21. The highest BCUT2D eigenvalue weighted by molar-refractivity contribution is 5.60. The molecule has 1 aromatic carbocycles. The van der Waals surface area contributed by atoms with Crippen LogP contribution in [0, 0.1) is 0 Å². The monoisotopic (exact) mass is 295 g/mol. The fraction of sp³-hybridized carbons (Fsp3) is 0.421. The van der Waals surface area contributed by atoms with Crippen LogP contribution in [0.5, 0.6) is 0 Å². The summed E-state index contributed by atoms with van der Waals surface area (Å²) in [7, 11) is 6.39. The zero-order chi connectivity index (χ0) is 15.5. The highest BCUT2D eigenvalue weighted by Gasteiger charge is 2.21. The quantitative estimate of drug-likeness (QED) is 0.863. The number of benzene rings is 1. The molecule has 1 aliphatic rings. The third-order valence-electron chi connectivity index (χ3n) is 4.40. The van der Waals surface area contributed by atoms with E-state index in [2.05, 4.69) is 72.3 Å². The Morgan fingerprint density at radius 1 is 1.18 bits per heavy atom. The maximum absolute atomic E-state index is 4.57. The third-order valence-corrected chi connectivity index (χ3v) is 4.40. The predicted molar refractivity (Wildman–Crippen MR) is 91.9 cm³/mol. The summed E-state index contributed by atoms with van der Waals surface area (Å²) in [5.41, 5.74) is 5.05. The van der Waals surface area contributed by atoms with Crippen molar-refractivity contribution in [2.75, 3.05) is 34.2 Å². The summed E-state index contributed by atoms with van der Waals surface area (Å²) in [4.78, 5) is 9.16. The minimum atomic E-state index is 0.653. The summed E-state index contributed by atoms with van der Waals surface area (Å²) in [6.07, 6.45) is 3.21. The first-order valence-corrected chi connectivity index (χ1v) is 8.00. The molecule has 0 radical (unpaired) electrons. The molecule has 1 saturated heterocycles. The molecule has 0 aliphatic carbocycles. The Balaban J connectivity index is 1.79. The van der Waals surface area contributed by atoms with E-state index in [-0.39, 0.29) is 0 Å². The van der Waals surface area contributed by atoms with Crippen molar-refractivity contribution in [3.05, 3.63) is 53.7 Å². The third kappa shape index (κ3) is 3.54. The second kappa shape index (κ2) is 6.59. The van der Waals surface area contributed by atoms with Gasteiger partial charge in [-0.2, -0.15) is 0 Å². The zero-order valence-electron chi connectivity index (χ0n) is 13.8. The molecule has 1 aliphatic heterocycles. The number of hydrogen-bond donors (Lipinski definition) is 0. The summed E-state index contributed by atoms with van der Waals surface area (Å²) in [5.74, 6) is 0.653. The van der Waals surface area contributed by atoms with E-state index in [1.54, 1.807) is 0 Å². The summed E-state index contributed by atoms with van der Waals surface area (Å²) >= 11 is 0. The summed E-state index contributed by atoms with van der Waals surface area (Å²) in [5, 5.41) is 0. The van der Waals surface area contributed by atoms with E-state index in [1.807, 2.05) is 6.20 Å². The van der Waals surface area contributed by atoms with Gasteiger partial charge in [-0.05, 0) is 63.3 Å². The average Bonchev–Trinajstić information content (AvgIpc) is 2.94. The van der Waals surface area contributed by atoms with Gasteiger partial charge >= 0.3 is 0 Å². The number of likely N-dealkylation sites (N-methyl/N-ethyl adjacent to an activating group) is 1. The molecule has 116 valence electrons.